The summed E-state index contributed by atoms with van der Waals surface area (Å²) in [5.41, 5.74) is -0.225. The van der Waals surface area contributed by atoms with Crippen molar-refractivity contribution in [2.45, 2.75) is 12.3 Å². The highest BCUT2D eigenvalue weighted by Crippen LogP contribution is 2.31. The number of hydrogen-bond acceptors (Lipinski definition) is 4. The van der Waals surface area contributed by atoms with Gasteiger partial charge in [-0.1, -0.05) is 30.3 Å². The number of hydrogen-bond donors (Lipinski definition) is 2. The quantitative estimate of drug-likeness (QED) is 0.907. The van der Waals surface area contributed by atoms with E-state index >= 15 is 0 Å². The molecule has 0 aliphatic carbocycles. The standard InChI is InChI=1S/C12H11F3N2OS/c13-12(14,15)10-7-19-11(17-10)16-6-9(18)8-4-2-1-3-5-8/h1-5,7,9,18H,6H2,(H,16,17). The number of anilines is 1. The molecule has 102 valence electrons. The molecule has 0 spiro atoms. The van der Waals surface area contributed by atoms with Crippen molar-refractivity contribution in [1.82, 2.24) is 4.98 Å². The summed E-state index contributed by atoms with van der Waals surface area (Å²) >= 11 is 0.860. The lowest BCUT2D eigenvalue weighted by molar-refractivity contribution is -0.140. The number of aliphatic hydroxyl groups excluding tert-OH is 1. The van der Waals surface area contributed by atoms with Crippen molar-refractivity contribution >= 4 is 16.5 Å². The minimum Gasteiger partial charge on any atom is -0.387 e. The van der Waals surface area contributed by atoms with Gasteiger partial charge in [-0.05, 0) is 5.56 Å². The maximum Gasteiger partial charge on any atom is 0.434 e. The van der Waals surface area contributed by atoms with Crippen molar-refractivity contribution in [3.05, 3.63) is 47.0 Å². The third-order valence-corrected chi connectivity index (χ3v) is 3.23. The Bertz CT molecular complexity index is 527. The number of aromatic nitrogens is 1. The van der Waals surface area contributed by atoms with E-state index in [9.17, 15) is 18.3 Å². The molecule has 0 saturated heterocycles. The number of alkyl halides is 3. The Morgan fingerprint density at radius 1 is 1.26 bits per heavy atom. The Morgan fingerprint density at radius 3 is 2.53 bits per heavy atom. The molecule has 0 saturated carbocycles. The molecule has 1 heterocycles. The van der Waals surface area contributed by atoms with E-state index in [1.807, 2.05) is 6.07 Å². The molecule has 0 bridgehead atoms. The van der Waals surface area contributed by atoms with E-state index in [1.165, 1.54) is 0 Å². The van der Waals surface area contributed by atoms with Gasteiger partial charge < -0.3 is 10.4 Å². The highest BCUT2D eigenvalue weighted by molar-refractivity contribution is 7.13. The maximum absolute atomic E-state index is 12.3. The summed E-state index contributed by atoms with van der Waals surface area (Å²) in [6.45, 7) is 0.106. The summed E-state index contributed by atoms with van der Waals surface area (Å²) in [5.74, 6) is 0. The molecule has 1 atom stereocenters. The number of thiazole rings is 1. The maximum atomic E-state index is 12.3. The predicted octanol–water partition coefficient (Wildman–Crippen LogP) is 3.31. The van der Waals surface area contributed by atoms with E-state index in [-0.39, 0.29) is 11.7 Å². The zero-order valence-electron chi connectivity index (χ0n) is 9.69. The van der Waals surface area contributed by atoms with Gasteiger partial charge in [-0.25, -0.2) is 4.98 Å². The van der Waals surface area contributed by atoms with Crippen molar-refractivity contribution in [1.29, 1.82) is 0 Å². The van der Waals surface area contributed by atoms with Crippen LogP contribution in [0.2, 0.25) is 0 Å². The highest BCUT2D eigenvalue weighted by atomic mass is 32.1. The molecule has 3 nitrogen and oxygen atoms in total. The molecule has 19 heavy (non-hydrogen) atoms. The summed E-state index contributed by atoms with van der Waals surface area (Å²) in [6.07, 6.45) is -5.23. The Balaban J connectivity index is 1.94. The monoisotopic (exact) mass is 288 g/mol. The topological polar surface area (TPSA) is 45.1 Å². The van der Waals surface area contributed by atoms with Gasteiger partial charge in [-0.2, -0.15) is 13.2 Å². The van der Waals surface area contributed by atoms with Gasteiger partial charge in [0, 0.05) is 11.9 Å². The Hall–Kier alpha value is -1.60. The number of rotatable bonds is 4. The molecule has 2 rings (SSSR count). The molecule has 1 aromatic carbocycles. The van der Waals surface area contributed by atoms with Crippen molar-refractivity contribution in [3.63, 3.8) is 0 Å². The molecule has 2 aromatic rings. The van der Waals surface area contributed by atoms with E-state index in [2.05, 4.69) is 10.3 Å². The van der Waals surface area contributed by atoms with Gasteiger partial charge >= 0.3 is 6.18 Å². The zero-order chi connectivity index (χ0) is 13.9. The van der Waals surface area contributed by atoms with E-state index in [0.29, 0.717) is 5.56 Å². The first-order valence-electron chi connectivity index (χ1n) is 5.46. The SMILES string of the molecule is OC(CNc1nc(C(F)(F)F)cs1)c1ccccc1. The van der Waals surface area contributed by atoms with Crippen LogP contribution in [0.4, 0.5) is 18.3 Å². The van der Waals surface area contributed by atoms with Crippen LogP contribution in [-0.2, 0) is 6.18 Å². The Morgan fingerprint density at radius 2 is 1.95 bits per heavy atom. The van der Waals surface area contributed by atoms with Crippen molar-refractivity contribution in [2.75, 3.05) is 11.9 Å². The third-order valence-electron chi connectivity index (χ3n) is 2.43. The Kier molecular flexibility index (Phi) is 4.06. The van der Waals surface area contributed by atoms with E-state index < -0.39 is 18.0 Å². The summed E-state index contributed by atoms with van der Waals surface area (Å²) in [7, 11) is 0. The second kappa shape index (κ2) is 5.58. The molecule has 0 radical (unpaired) electrons. The Labute approximate surface area is 111 Å². The van der Waals surface area contributed by atoms with Gasteiger partial charge in [0.1, 0.15) is 0 Å². The van der Waals surface area contributed by atoms with Gasteiger partial charge in [0.05, 0.1) is 6.10 Å². The lowest BCUT2D eigenvalue weighted by atomic mass is 10.1. The van der Waals surface area contributed by atoms with E-state index in [0.717, 1.165) is 16.7 Å². The molecule has 2 N–H and O–H groups in total. The van der Waals surface area contributed by atoms with Gasteiger partial charge in [-0.15, -0.1) is 11.3 Å². The first-order valence-corrected chi connectivity index (χ1v) is 6.34. The second-order valence-corrected chi connectivity index (χ2v) is 4.70. The molecular weight excluding hydrogens is 277 g/mol. The molecule has 0 amide bonds. The van der Waals surface area contributed by atoms with Crippen LogP contribution in [0.15, 0.2) is 35.7 Å². The fourth-order valence-electron chi connectivity index (χ4n) is 1.46. The summed E-state index contributed by atoms with van der Waals surface area (Å²) < 4.78 is 37.0. The predicted molar refractivity (Wildman–Crippen MR) is 67.0 cm³/mol. The van der Waals surface area contributed by atoms with E-state index in [1.54, 1.807) is 24.3 Å². The van der Waals surface area contributed by atoms with Crippen LogP contribution in [0.3, 0.4) is 0 Å². The van der Waals surface area contributed by atoms with Crippen LogP contribution in [0.25, 0.3) is 0 Å². The third kappa shape index (κ3) is 3.68. The van der Waals surface area contributed by atoms with Gasteiger partial charge in [0.15, 0.2) is 10.8 Å². The lowest BCUT2D eigenvalue weighted by Gasteiger charge is -2.11. The normalized spacial score (nSPS) is 13.3. The van der Waals surface area contributed by atoms with Gasteiger partial charge in [0.2, 0.25) is 0 Å². The summed E-state index contributed by atoms with van der Waals surface area (Å²) in [4.78, 5) is 3.42. The number of nitrogens with zero attached hydrogens (tertiary/aromatic N) is 1. The van der Waals surface area contributed by atoms with Gasteiger partial charge in [-0.3, -0.25) is 0 Å². The number of benzene rings is 1. The van der Waals surface area contributed by atoms with Gasteiger partial charge in [0.25, 0.3) is 0 Å². The fourth-order valence-corrected chi connectivity index (χ4v) is 2.19. The van der Waals surface area contributed by atoms with Crippen LogP contribution in [0, 0.1) is 0 Å². The molecule has 0 aliphatic heterocycles. The highest BCUT2D eigenvalue weighted by Gasteiger charge is 2.33. The van der Waals surface area contributed by atoms with Crippen LogP contribution in [0.1, 0.15) is 17.4 Å². The van der Waals surface area contributed by atoms with Crippen molar-refractivity contribution in [2.24, 2.45) is 0 Å². The molecule has 1 aromatic heterocycles. The zero-order valence-corrected chi connectivity index (χ0v) is 10.5. The molecule has 7 heteroatoms. The fraction of sp³-hybridized carbons (Fsp3) is 0.250. The largest absolute Gasteiger partial charge is 0.434 e. The smallest absolute Gasteiger partial charge is 0.387 e. The molecule has 0 fully saturated rings. The van der Waals surface area contributed by atoms with Crippen LogP contribution in [0.5, 0.6) is 0 Å². The average Bonchev–Trinajstić information content (AvgIpc) is 2.86. The summed E-state index contributed by atoms with van der Waals surface area (Å²) in [5, 5.41) is 13.6. The number of nitrogens with one attached hydrogen (secondary N) is 1. The first-order chi connectivity index (χ1) is 8.97. The van der Waals surface area contributed by atoms with Crippen LogP contribution >= 0.6 is 11.3 Å². The average molecular weight is 288 g/mol. The van der Waals surface area contributed by atoms with Crippen LogP contribution in [-0.4, -0.2) is 16.6 Å². The number of halogens is 3. The minimum atomic E-state index is -4.44. The first kappa shape index (κ1) is 13.8. The minimum absolute atomic E-state index is 0.106. The summed E-state index contributed by atoms with van der Waals surface area (Å²) in [6, 6.07) is 8.87. The molecule has 1 unspecified atom stereocenters. The van der Waals surface area contributed by atoms with E-state index in [4.69, 9.17) is 0 Å². The van der Waals surface area contributed by atoms with Crippen LogP contribution < -0.4 is 5.32 Å². The van der Waals surface area contributed by atoms with Crippen molar-refractivity contribution in [3.8, 4) is 0 Å². The lowest BCUT2D eigenvalue weighted by Crippen LogP contribution is -2.12. The van der Waals surface area contributed by atoms with Crippen molar-refractivity contribution < 1.29 is 18.3 Å². The molecular formula is C12H11F3N2OS. The second-order valence-electron chi connectivity index (χ2n) is 3.84. The molecule has 0 aliphatic rings. The number of aliphatic hydroxyl groups is 1.